The third-order valence-corrected chi connectivity index (χ3v) is 6.52. The Morgan fingerprint density at radius 1 is 1.17 bits per heavy atom. The molecule has 3 rings (SSSR count). The van der Waals surface area contributed by atoms with E-state index in [-0.39, 0.29) is 18.1 Å². The molecule has 1 saturated heterocycles. The van der Waals surface area contributed by atoms with Gasteiger partial charge >= 0.3 is 12.1 Å². The fraction of sp³-hybridized carbons (Fsp3) is 0.636. The zero-order valence-electron chi connectivity index (χ0n) is 17.4. The van der Waals surface area contributed by atoms with Crippen molar-refractivity contribution < 1.29 is 24.2 Å². The number of benzene rings is 1. The van der Waals surface area contributed by atoms with E-state index in [0.717, 1.165) is 42.1 Å². The second-order valence-corrected chi connectivity index (χ2v) is 10.3. The van der Waals surface area contributed by atoms with Crippen molar-refractivity contribution in [1.82, 2.24) is 4.90 Å². The zero-order valence-corrected chi connectivity index (χ0v) is 19.0. The van der Waals surface area contributed by atoms with Gasteiger partial charge in [-0.2, -0.15) is 0 Å². The maximum atomic E-state index is 12.5. The number of hydrogen-bond acceptors (Lipinski definition) is 4. The fourth-order valence-electron chi connectivity index (χ4n) is 4.50. The Labute approximate surface area is 180 Å². The summed E-state index contributed by atoms with van der Waals surface area (Å²) in [6, 6.07) is 7.93. The van der Waals surface area contributed by atoms with Crippen LogP contribution in [0.1, 0.15) is 58.4 Å². The Hall–Kier alpha value is -1.60. The summed E-state index contributed by atoms with van der Waals surface area (Å²) in [6.45, 7) is 6.71. The van der Waals surface area contributed by atoms with Crippen molar-refractivity contribution in [3.63, 3.8) is 0 Å². The van der Waals surface area contributed by atoms with Crippen LogP contribution in [0.15, 0.2) is 28.7 Å². The minimum Gasteiger partial charge on any atom is -0.480 e. The summed E-state index contributed by atoms with van der Waals surface area (Å²) in [4.78, 5) is 25.4. The Bertz CT molecular complexity index is 765. The van der Waals surface area contributed by atoms with E-state index in [1.807, 2.05) is 49.9 Å². The van der Waals surface area contributed by atoms with Gasteiger partial charge in [0.2, 0.25) is 0 Å². The van der Waals surface area contributed by atoms with Gasteiger partial charge in [-0.25, -0.2) is 9.59 Å². The summed E-state index contributed by atoms with van der Waals surface area (Å²) >= 11 is 3.51. The number of hydrogen-bond donors (Lipinski definition) is 1. The summed E-state index contributed by atoms with van der Waals surface area (Å²) in [5.74, 6) is -0.961. The van der Waals surface area contributed by atoms with Crippen molar-refractivity contribution in [2.75, 3.05) is 19.7 Å². The number of carboxylic acids is 1. The predicted octanol–water partition coefficient (Wildman–Crippen LogP) is 4.95. The first-order valence-electron chi connectivity index (χ1n) is 10.1. The van der Waals surface area contributed by atoms with Crippen molar-refractivity contribution in [3.8, 4) is 0 Å². The molecule has 0 bridgehead atoms. The topological polar surface area (TPSA) is 76.1 Å². The lowest BCUT2D eigenvalue weighted by Gasteiger charge is -2.45. The van der Waals surface area contributed by atoms with E-state index >= 15 is 0 Å². The minimum absolute atomic E-state index is 0.0546. The number of ether oxygens (including phenoxy) is 2. The molecule has 1 amide bonds. The fourth-order valence-corrected chi connectivity index (χ4v) is 4.90. The van der Waals surface area contributed by atoms with Crippen LogP contribution in [0.4, 0.5) is 4.79 Å². The van der Waals surface area contributed by atoms with Gasteiger partial charge in [0.15, 0.2) is 0 Å². The van der Waals surface area contributed by atoms with Gasteiger partial charge in [-0.3, -0.25) is 0 Å². The molecule has 29 heavy (non-hydrogen) atoms. The van der Waals surface area contributed by atoms with Crippen molar-refractivity contribution in [2.45, 2.75) is 64.1 Å². The number of aliphatic carboxylic acids is 1. The second-order valence-electron chi connectivity index (χ2n) is 9.34. The number of amides is 1. The van der Waals surface area contributed by atoms with E-state index in [1.165, 1.54) is 0 Å². The molecule has 1 aliphatic heterocycles. The molecule has 1 heterocycles. The molecule has 160 valence electrons. The van der Waals surface area contributed by atoms with E-state index < -0.39 is 17.2 Å². The summed E-state index contributed by atoms with van der Waals surface area (Å²) in [7, 11) is 0. The van der Waals surface area contributed by atoms with Crippen LogP contribution in [0.3, 0.4) is 0 Å². The molecule has 2 fully saturated rings. The lowest BCUT2D eigenvalue weighted by Crippen LogP contribution is -2.42. The lowest BCUT2D eigenvalue weighted by atomic mass is 9.66. The normalized spacial score (nSPS) is 27.2. The highest BCUT2D eigenvalue weighted by Gasteiger charge is 2.48. The van der Waals surface area contributed by atoms with Crippen LogP contribution < -0.4 is 0 Å². The van der Waals surface area contributed by atoms with Gasteiger partial charge in [-0.15, -0.1) is 0 Å². The van der Waals surface area contributed by atoms with Crippen molar-refractivity contribution in [3.05, 3.63) is 34.3 Å². The number of likely N-dealkylation sites (tertiary alicyclic amines) is 1. The molecule has 0 radical (unpaired) electrons. The van der Waals surface area contributed by atoms with Gasteiger partial charge in [-0.05, 0) is 76.0 Å². The highest BCUT2D eigenvalue weighted by atomic mass is 79.9. The summed E-state index contributed by atoms with van der Waals surface area (Å²) < 4.78 is 12.5. The van der Waals surface area contributed by atoms with Crippen LogP contribution in [0.25, 0.3) is 0 Å². The van der Waals surface area contributed by atoms with Crippen molar-refractivity contribution >= 4 is 28.0 Å². The van der Waals surface area contributed by atoms with Gasteiger partial charge in [0, 0.05) is 17.6 Å². The summed E-state index contributed by atoms with van der Waals surface area (Å²) in [6.07, 6.45) is 3.94. The first-order valence-corrected chi connectivity index (χ1v) is 10.9. The molecule has 1 aromatic rings. The van der Waals surface area contributed by atoms with E-state index in [4.69, 9.17) is 14.6 Å². The van der Waals surface area contributed by atoms with E-state index in [1.54, 1.807) is 0 Å². The Balaban J connectivity index is 1.72. The SMILES string of the molecule is CC(C)(C)OC(=O)N1CCC2(CCC(OCC(=O)O)(c3cccc(Br)c3)CC2)C1. The van der Waals surface area contributed by atoms with Gasteiger partial charge in [0.25, 0.3) is 0 Å². The highest BCUT2D eigenvalue weighted by molar-refractivity contribution is 9.10. The molecule has 1 aliphatic carbocycles. The van der Waals surface area contributed by atoms with Gasteiger partial charge in [-0.1, -0.05) is 28.1 Å². The van der Waals surface area contributed by atoms with Crippen LogP contribution in [0.2, 0.25) is 0 Å². The van der Waals surface area contributed by atoms with Crippen LogP contribution >= 0.6 is 15.9 Å². The summed E-state index contributed by atoms with van der Waals surface area (Å²) in [5.41, 5.74) is -0.0453. The van der Waals surface area contributed by atoms with Crippen molar-refractivity contribution in [2.24, 2.45) is 5.41 Å². The minimum atomic E-state index is -0.961. The Morgan fingerprint density at radius 2 is 1.86 bits per heavy atom. The average molecular weight is 468 g/mol. The smallest absolute Gasteiger partial charge is 0.410 e. The maximum absolute atomic E-state index is 12.5. The number of nitrogens with zero attached hydrogens (tertiary/aromatic N) is 1. The Morgan fingerprint density at radius 3 is 2.45 bits per heavy atom. The standard InChI is InChI=1S/C22H30BrNO5/c1-20(2,3)29-19(27)24-12-11-21(15-24)7-9-22(10-8-21,28-14-18(25)26)16-5-4-6-17(23)13-16/h4-6,13H,7-12,14-15H2,1-3H3,(H,25,26). The molecule has 0 aromatic heterocycles. The van der Waals surface area contributed by atoms with Crippen LogP contribution in [0.5, 0.6) is 0 Å². The molecular formula is C22H30BrNO5. The molecule has 0 atom stereocenters. The van der Waals surface area contributed by atoms with E-state index in [9.17, 15) is 9.59 Å². The highest BCUT2D eigenvalue weighted by Crippen LogP contribution is 2.52. The third kappa shape index (κ3) is 5.31. The third-order valence-electron chi connectivity index (χ3n) is 6.03. The first kappa shape index (κ1) is 22.1. The molecule has 1 N–H and O–H groups in total. The largest absolute Gasteiger partial charge is 0.480 e. The van der Waals surface area contributed by atoms with Crippen LogP contribution in [0, 0.1) is 5.41 Å². The number of carbonyl (C=O) groups is 2. The van der Waals surface area contributed by atoms with Crippen LogP contribution in [-0.2, 0) is 19.9 Å². The Kier molecular flexibility index (Phi) is 6.30. The number of carbonyl (C=O) groups excluding carboxylic acids is 1. The lowest BCUT2D eigenvalue weighted by molar-refractivity contribution is -0.156. The molecule has 1 saturated carbocycles. The van der Waals surface area contributed by atoms with Crippen LogP contribution in [-0.4, -0.2) is 47.4 Å². The second kappa shape index (κ2) is 8.26. The van der Waals surface area contributed by atoms with E-state index in [0.29, 0.717) is 13.1 Å². The number of rotatable bonds is 4. The molecule has 7 heteroatoms. The quantitative estimate of drug-likeness (QED) is 0.677. The molecule has 6 nitrogen and oxygen atoms in total. The summed E-state index contributed by atoms with van der Waals surface area (Å²) in [5, 5.41) is 9.16. The molecule has 1 aromatic carbocycles. The zero-order chi connectivity index (χ0) is 21.3. The van der Waals surface area contributed by atoms with Crippen molar-refractivity contribution in [1.29, 1.82) is 0 Å². The van der Waals surface area contributed by atoms with E-state index in [2.05, 4.69) is 15.9 Å². The monoisotopic (exact) mass is 467 g/mol. The molecular weight excluding hydrogens is 438 g/mol. The predicted molar refractivity (Wildman–Crippen MR) is 113 cm³/mol. The first-order chi connectivity index (χ1) is 13.5. The molecule has 1 spiro atoms. The molecule has 0 unspecified atom stereocenters. The van der Waals surface area contributed by atoms with Gasteiger partial charge < -0.3 is 19.5 Å². The van der Waals surface area contributed by atoms with Gasteiger partial charge in [0.1, 0.15) is 12.2 Å². The maximum Gasteiger partial charge on any atom is 0.410 e. The average Bonchev–Trinajstić information content (AvgIpc) is 3.04. The number of carboxylic acid groups (broad SMARTS) is 1. The number of halogens is 1. The molecule has 2 aliphatic rings. The van der Waals surface area contributed by atoms with Gasteiger partial charge in [0.05, 0.1) is 5.60 Å².